The van der Waals surface area contributed by atoms with Crippen LogP contribution in [0.3, 0.4) is 0 Å². The maximum atomic E-state index is 10.7. The first-order valence-electron chi connectivity index (χ1n) is 7.48. The Morgan fingerprint density at radius 3 is 1.68 bits per heavy atom. The average molecular weight is 271 g/mol. The molecule has 0 bridgehead atoms. The number of rotatable bonds is 1. The lowest BCUT2D eigenvalue weighted by atomic mass is 9.71. The maximum Gasteiger partial charge on any atom is 0.0975 e. The zero-order valence-corrected chi connectivity index (χ0v) is 11.3. The summed E-state index contributed by atoms with van der Waals surface area (Å²) in [6, 6.07) is 0.174. The summed E-state index contributed by atoms with van der Waals surface area (Å²) < 4.78 is 0. The van der Waals surface area contributed by atoms with Gasteiger partial charge in [0.05, 0.1) is 23.4 Å². The lowest BCUT2D eigenvalue weighted by molar-refractivity contribution is -0.205. The molecule has 0 spiro atoms. The van der Waals surface area contributed by atoms with E-state index in [1.54, 1.807) is 0 Å². The molecule has 3 aliphatic rings. The predicted molar refractivity (Wildman–Crippen MR) is 69.6 cm³/mol. The molecule has 3 fully saturated rings. The fourth-order valence-electron chi connectivity index (χ4n) is 4.28. The van der Waals surface area contributed by atoms with E-state index in [1.165, 1.54) is 19.3 Å². The van der Waals surface area contributed by atoms with Crippen molar-refractivity contribution in [3.63, 3.8) is 0 Å². The fourth-order valence-corrected chi connectivity index (χ4v) is 4.28. The zero-order valence-electron chi connectivity index (χ0n) is 11.3. The van der Waals surface area contributed by atoms with Crippen LogP contribution in [0.15, 0.2) is 0 Å². The standard InChI is InChI=1S/C14H25NO4/c16-11-8-13(18)6-10(15-4-2-1-3-5-15)7-14(13,19)9-12(11)17/h10-12,16-19H,1-9H2. The van der Waals surface area contributed by atoms with Gasteiger partial charge in [-0.1, -0.05) is 6.42 Å². The lowest BCUT2D eigenvalue weighted by Crippen LogP contribution is -2.59. The van der Waals surface area contributed by atoms with Crippen molar-refractivity contribution < 1.29 is 20.4 Å². The summed E-state index contributed by atoms with van der Waals surface area (Å²) in [7, 11) is 0. The number of fused-ring (bicyclic) bond motifs is 1. The molecule has 1 aliphatic heterocycles. The van der Waals surface area contributed by atoms with Gasteiger partial charge in [-0.3, -0.25) is 0 Å². The second-order valence-electron chi connectivity index (χ2n) is 6.76. The molecule has 5 heteroatoms. The molecule has 1 saturated heterocycles. The van der Waals surface area contributed by atoms with E-state index in [-0.39, 0.29) is 18.9 Å². The number of hydrogen-bond acceptors (Lipinski definition) is 5. The Hall–Kier alpha value is -0.200. The number of aliphatic hydroxyl groups excluding tert-OH is 2. The van der Waals surface area contributed by atoms with Gasteiger partial charge in [-0.05, 0) is 38.8 Å². The number of likely N-dealkylation sites (tertiary alicyclic amines) is 1. The Kier molecular flexibility index (Phi) is 3.38. The van der Waals surface area contributed by atoms with Gasteiger partial charge in [0.2, 0.25) is 0 Å². The molecule has 4 N–H and O–H groups in total. The van der Waals surface area contributed by atoms with E-state index >= 15 is 0 Å². The smallest absolute Gasteiger partial charge is 0.0975 e. The highest BCUT2D eigenvalue weighted by atomic mass is 16.4. The Labute approximate surface area is 113 Å². The van der Waals surface area contributed by atoms with E-state index < -0.39 is 23.4 Å². The van der Waals surface area contributed by atoms with E-state index in [0.29, 0.717) is 12.8 Å². The summed E-state index contributed by atoms with van der Waals surface area (Å²) in [6.07, 6.45) is 2.94. The van der Waals surface area contributed by atoms with Crippen LogP contribution in [-0.4, -0.2) is 67.9 Å². The molecule has 1 heterocycles. The second kappa shape index (κ2) is 4.67. The number of nitrogens with zero attached hydrogens (tertiary/aromatic N) is 1. The Morgan fingerprint density at radius 2 is 1.21 bits per heavy atom. The third-order valence-electron chi connectivity index (χ3n) is 5.46. The van der Waals surface area contributed by atoms with Gasteiger partial charge in [0.15, 0.2) is 0 Å². The van der Waals surface area contributed by atoms with E-state index in [0.717, 1.165) is 13.1 Å². The Morgan fingerprint density at radius 1 is 0.737 bits per heavy atom. The van der Waals surface area contributed by atoms with E-state index in [2.05, 4.69) is 4.90 Å². The van der Waals surface area contributed by atoms with Crippen LogP contribution in [0.1, 0.15) is 44.9 Å². The van der Waals surface area contributed by atoms with Crippen molar-refractivity contribution >= 4 is 0 Å². The molecule has 2 aliphatic carbocycles. The van der Waals surface area contributed by atoms with Gasteiger partial charge < -0.3 is 25.3 Å². The molecule has 19 heavy (non-hydrogen) atoms. The van der Waals surface area contributed by atoms with Crippen molar-refractivity contribution in [1.82, 2.24) is 4.90 Å². The van der Waals surface area contributed by atoms with Gasteiger partial charge in [0.1, 0.15) is 0 Å². The van der Waals surface area contributed by atoms with Crippen LogP contribution in [-0.2, 0) is 0 Å². The van der Waals surface area contributed by atoms with Crippen molar-refractivity contribution in [2.24, 2.45) is 0 Å². The van der Waals surface area contributed by atoms with Gasteiger partial charge in [-0.15, -0.1) is 0 Å². The molecule has 4 unspecified atom stereocenters. The van der Waals surface area contributed by atoms with Crippen molar-refractivity contribution in [2.75, 3.05) is 13.1 Å². The van der Waals surface area contributed by atoms with Crippen molar-refractivity contribution in [3.05, 3.63) is 0 Å². The van der Waals surface area contributed by atoms with Crippen molar-refractivity contribution in [2.45, 2.75) is 74.4 Å². The molecule has 0 amide bonds. The summed E-state index contributed by atoms with van der Waals surface area (Å²) in [4.78, 5) is 2.36. The van der Waals surface area contributed by atoms with Gasteiger partial charge in [-0.25, -0.2) is 0 Å². The average Bonchev–Trinajstić information content (AvgIpc) is 2.63. The SMILES string of the molecule is OC1CC2(O)CC(N3CCCCC3)CC2(O)CC1O. The minimum absolute atomic E-state index is 0.0784. The normalized spacial score (nSPS) is 52.1. The molecule has 0 aromatic carbocycles. The molecular weight excluding hydrogens is 246 g/mol. The summed E-state index contributed by atoms with van der Waals surface area (Å²) in [5.74, 6) is 0. The molecule has 2 saturated carbocycles. The molecule has 0 aromatic rings. The third kappa shape index (κ3) is 2.21. The highest BCUT2D eigenvalue weighted by Gasteiger charge is 2.62. The highest BCUT2D eigenvalue weighted by Crippen LogP contribution is 2.50. The molecule has 0 radical (unpaired) electrons. The minimum atomic E-state index is -1.24. The largest absolute Gasteiger partial charge is 0.390 e. The van der Waals surface area contributed by atoms with Gasteiger partial charge in [0, 0.05) is 18.9 Å². The summed E-state index contributed by atoms with van der Waals surface area (Å²) in [5, 5.41) is 41.0. The Balaban J connectivity index is 1.76. The predicted octanol–water partition coefficient (Wildman–Crippen LogP) is -0.388. The zero-order chi connectivity index (χ0) is 13.7. The fraction of sp³-hybridized carbons (Fsp3) is 1.00. The molecule has 0 aromatic heterocycles. The first-order valence-corrected chi connectivity index (χ1v) is 7.48. The quantitative estimate of drug-likeness (QED) is 0.522. The molecule has 110 valence electrons. The summed E-state index contributed by atoms with van der Waals surface area (Å²) in [5.41, 5.74) is -2.48. The van der Waals surface area contributed by atoms with Crippen LogP contribution in [0.5, 0.6) is 0 Å². The topological polar surface area (TPSA) is 84.2 Å². The van der Waals surface area contributed by atoms with Crippen molar-refractivity contribution in [1.29, 1.82) is 0 Å². The first kappa shape index (κ1) is 13.8. The maximum absolute atomic E-state index is 10.7. The van der Waals surface area contributed by atoms with Crippen LogP contribution >= 0.6 is 0 Å². The Bertz CT molecular complexity index is 322. The van der Waals surface area contributed by atoms with Crippen LogP contribution in [0.2, 0.25) is 0 Å². The molecule has 5 nitrogen and oxygen atoms in total. The number of piperidine rings is 1. The lowest BCUT2D eigenvalue weighted by Gasteiger charge is -2.45. The third-order valence-corrected chi connectivity index (χ3v) is 5.46. The first-order chi connectivity index (χ1) is 8.94. The number of hydrogen-bond donors (Lipinski definition) is 4. The molecule has 4 atom stereocenters. The van der Waals surface area contributed by atoms with Crippen LogP contribution < -0.4 is 0 Å². The molecule has 3 rings (SSSR count). The van der Waals surface area contributed by atoms with Crippen molar-refractivity contribution in [3.8, 4) is 0 Å². The highest BCUT2D eigenvalue weighted by molar-refractivity contribution is 5.15. The summed E-state index contributed by atoms with van der Waals surface area (Å²) in [6.45, 7) is 2.06. The monoisotopic (exact) mass is 271 g/mol. The van der Waals surface area contributed by atoms with Crippen LogP contribution in [0, 0.1) is 0 Å². The van der Waals surface area contributed by atoms with Gasteiger partial charge in [0.25, 0.3) is 0 Å². The molecular formula is C14H25NO4. The van der Waals surface area contributed by atoms with Gasteiger partial charge in [-0.2, -0.15) is 0 Å². The van der Waals surface area contributed by atoms with E-state index in [1.807, 2.05) is 0 Å². The van der Waals surface area contributed by atoms with Crippen LogP contribution in [0.25, 0.3) is 0 Å². The van der Waals surface area contributed by atoms with E-state index in [9.17, 15) is 20.4 Å². The van der Waals surface area contributed by atoms with Gasteiger partial charge >= 0.3 is 0 Å². The summed E-state index contributed by atoms with van der Waals surface area (Å²) >= 11 is 0. The minimum Gasteiger partial charge on any atom is -0.390 e. The van der Waals surface area contributed by atoms with E-state index in [4.69, 9.17) is 0 Å². The number of aliphatic hydroxyl groups is 4. The second-order valence-corrected chi connectivity index (χ2v) is 6.76. The van der Waals surface area contributed by atoms with Crippen LogP contribution in [0.4, 0.5) is 0 Å².